The Morgan fingerprint density at radius 3 is 2.94 bits per heavy atom. The maximum atomic E-state index is 13.1. The quantitative estimate of drug-likeness (QED) is 0.459. The molecule has 2 heterocycles. The second kappa shape index (κ2) is 10.6. The zero-order valence-electron chi connectivity index (χ0n) is 18.5. The molecule has 1 aliphatic rings. The summed E-state index contributed by atoms with van der Waals surface area (Å²) in [7, 11) is 1.73. The monoisotopic (exact) mass is 498 g/mol. The van der Waals surface area contributed by atoms with Crippen molar-refractivity contribution in [2.24, 2.45) is 5.73 Å². The Balaban J connectivity index is 1.49. The van der Waals surface area contributed by atoms with Crippen LogP contribution in [0.3, 0.4) is 0 Å². The number of benzene rings is 2. The van der Waals surface area contributed by atoms with Crippen molar-refractivity contribution in [2.45, 2.75) is 44.2 Å². The van der Waals surface area contributed by atoms with E-state index >= 15 is 0 Å². The van der Waals surface area contributed by atoms with Gasteiger partial charge in [-0.25, -0.2) is 4.98 Å². The van der Waals surface area contributed by atoms with E-state index in [1.807, 2.05) is 35.2 Å². The predicted octanol–water partition coefficient (Wildman–Crippen LogP) is 4.63. The second-order valence-corrected chi connectivity index (χ2v) is 9.42. The first kappa shape index (κ1) is 23.0. The van der Waals surface area contributed by atoms with Gasteiger partial charge in [0.15, 0.2) is 0 Å². The number of para-hydroxylation sites is 2. The molecule has 2 N–H and O–H groups in total. The van der Waals surface area contributed by atoms with Gasteiger partial charge in [0.25, 0.3) is 0 Å². The van der Waals surface area contributed by atoms with Crippen LogP contribution in [0.2, 0.25) is 0 Å². The fraction of sp³-hybridized carbons (Fsp3) is 0.440. The molecule has 0 saturated carbocycles. The molecule has 1 amide bonds. The summed E-state index contributed by atoms with van der Waals surface area (Å²) in [6.07, 6.45) is 3.26. The molecule has 4 rings (SSSR count). The van der Waals surface area contributed by atoms with Crippen molar-refractivity contribution >= 4 is 32.9 Å². The van der Waals surface area contributed by atoms with Crippen molar-refractivity contribution in [3.63, 3.8) is 0 Å². The number of aryl methyl sites for hydroxylation is 1. The Hall–Kier alpha value is -2.22. The van der Waals surface area contributed by atoms with Crippen molar-refractivity contribution in [3.05, 3.63) is 64.4 Å². The van der Waals surface area contributed by atoms with Crippen LogP contribution in [-0.2, 0) is 16.1 Å². The summed E-state index contributed by atoms with van der Waals surface area (Å²) in [5.74, 6) is 1.42. The third kappa shape index (κ3) is 5.22. The Kier molecular flexibility index (Phi) is 7.60. The fourth-order valence-corrected chi connectivity index (χ4v) is 5.01. The van der Waals surface area contributed by atoms with Gasteiger partial charge >= 0.3 is 0 Å². The topological polar surface area (TPSA) is 73.4 Å². The molecule has 170 valence electrons. The molecule has 2 aromatic carbocycles. The number of hydrogen-bond acceptors (Lipinski definition) is 4. The summed E-state index contributed by atoms with van der Waals surface area (Å²) < 4.78 is 8.56. The molecular weight excluding hydrogens is 468 g/mol. The van der Waals surface area contributed by atoms with Crippen LogP contribution in [0.25, 0.3) is 11.0 Å². The van der Waals surface area contributed by atoms with Gasteiger partial charge in [0.1, 0.15) is 5.82 Å². The lowest BCUT2D eigenvalue weighted by molar-refractivity contribution is -0.132. The van der Waals surface area contributed by atoms with Gasteiger partial charge in [0.2, 0.25) is 5.91 Å². The number of hydrogen-bond donors (Lipinski definition) is 1. The van der Waals surface area contributed by atoms with Crippen LogP contribution >= 0.6 is 15.9 Å². The van der Waals surface area contributed by atoms with Crippen molar-refractivity contribution in [3.8, 4) is 0 Å². The molecule has 0 unspecified atom stereocenters. The molecule has 32 heavy (non-hydrogen) atoms. The maximum Gasteiger partial charge on any atom is 0.224 e. The SMILES string of the molecule is COCCCn1c([C@@H]2CCCN(C(=O)C[C@H](N)c3cccc(Br)c3)C2)nc2ccccc21. The number of piperidine rings is 1. The van der Waals surface area contributed by atoms with Crippen LogP contribution in [0.4, 0.5) is 0 Å². The molecule has 2 atom stereocenters. The number of nitrogens with zero attached hydrogens (tertiary/aromatic N) is 3. The highest BCUT2D eigenvalue weighted by Crippen LogP contribution is 2.30. The summed E-state index contributed by atoms with van der Waals surface area (Å²) in [6.45, 7) is 3.05. The number of nitrogens with two attached hydrogens (primary N) is 1. The van der Waals surface area contributed by atoms with E-state index in [1.165, 1.54) is 0 Å². The van der Waals surface area contributed by atoms with Crippen LogP contribution in [0.5, 0.6) is 0 Å². The van der Waals surface area contributed by atoms with Crippen LogP contribution in [0.1, 0.15) is 49.0 Å². The number of imidazole rings is 1. The number of aromatic nitrogens is 2. The number of methoxy groups -OCH3 is 1. The lowest BCUT2D eigenvalue weighted by Crippen LogP contribution is -2.40. The minimum Gasteiger partial charge on any atom is -0.385 e. The highest BCUT2D eigenvalue weighted by molar-refractivity contribution is 9.10. The van der Waals surface area contributed by atoms with Crippen molar-refractivity contribution in [1.82, 2.24) is 14.5 Å². The summed E-state index contributed by atoms with van der Waals surface area (Å²) in [5.41, 5.74) is 9.50. The number of rotatable bonds is 8. The summed E-state index contributed by atoms with van der Waals surface area (Å²) in [4.78, 5) is 20.1. The van der Waals surface area contributed by atoms with Gasteiger partial charge < -0.3 is 19.9 Å². The van der Waals surface area contributed by atoms with E-state index < -0.39 is 0 Å². The molecule has 1 saturated heterocycles. The summed E-state index contributed by atoms with van der Waals surface area (Å²) >= 11 is 3.48. The minimum atomic E-state index is -0.306. The molecule has 6 nitrogen and oxygen atoms in total. The van der Waals surface area contributed by atoms with Gasteiger partial charge in [-0.1, -0.05) is 40.2 Å². The molecule has 0 aliphatic carbocycles. The van der Waals surface area contributed by atoms with E-state index in [2.05, 4.69) is 38.7 Å². The van der Waals surface area contributed by atoms with Gasteiger partial charge in [0.05, 0.1) is 11.0 Å². The zero-order chi connectivity index (χ0) is 22.5. The molecular formula is C25H31BrN4O2. The van der Waals surface area contributed by atoms with E-state index in [4.69, 9.17) is 15.5 Å². The highest BCUT2D eigenvalue weighted by atomic mass is 79.9. The predicted molar refractivity (Wildman–Crippen MR) is 130 cm³/mol. The van der Waals surface area contributed by atoms with Gasteiger partial charge in [-0.3, -0.25) is 4.79 Å². The molecule has 0 radical (unpaired) electrons. The van der Waals surface area contributed by atoms with E-state index in [-0.39, 0.29) is 17.9 Å². The average molecular weight is 499 g/mol. The Labute approximate surface area is 197 Å². The van der Waals surface area contributed by atoms with Crippen molar-refractivity contribution < 1.29 is 9.53 Å². The van der Waals surface area contributed by atoms with Crippen molar-refractivity contribution in [1.29, 1.82) is 0 Å². The second-order valence-electron chi connectivity index (χ2n) is 8.50. The van der Waals surface area contributed by atoms with E-state index in [0.29, 0.717) is 19.6 Å². The number of halogens is 1. The molecule has 0 spiro atoms. The summed E-state index contributed by atoms with van der Waals surface area (Å²) in [6, 6.07) is 15.8. The van der Waals surface area contributed by atoms with Crippen LogP contribution < -0.4 is 5.73 Å². The number of ether oxygens (including phenoxy) is 1. The highest BCUT2D eigenvalue weighted by Gasteiger charge is 2.29. The van der Waals surface area contributed by atoms with E-state index in [0.717, 1.165) is 59.2 Å². The normalized spacial score (nSPS) is 17.6. The first-order chi connectivity index (χ1) is 15.6. The van der Waals surface area contributed by atoms with Crippen molar-refractivity contribution in [2.75, 3.05) is 26.8 Å². The Morgan fingerprint density at radius 1 is 1.28 bits per heavy atom. The standard InChI is InChI=1S/C25H31BrN4O2/c1-32-14-6-13-30-23-11-3-2-10-22(23)28-25(30)19-8-5-12-29(17-19)24(31)16-21(27)18-7-4-9-20(26)15-18/h2-4,7,9-11,15,19,21H,5-6,8,12-14,16-17,27H2,1H3/t19-,21+/m1/s1. The molecule has 1 aliphatic heterocycles. The number of carbonyl (C=O) groups is 1. The minimum absolute atomic E-state index is 0.115. The lowest BCUT2D eigenvalue weighted by Gasteiger charge is -2.33. The molecule has 7 heteroatoms. The number of likely N-dealkylation sites (tertiary alicyclic amines) is 1. The van der Waals surface area contributed by atoms with E-state index in [1.54, 1.807) is 7.11 Å². The molecule has 1 fully saturated rings. The fourth-order valence-electron chi connectivity index (χ4n) is 4.59. The van der Waals surface area contributed by atoms with Gasteiger partial charge in [-0.05, 0) is 49.1 Å². The number of fused-ring (bicyclic) bond motifs is 1. The van der Waals surface area contributed by atoms with Gasteiger partial charge in [-0.15, -0.1) is 0 Å². The van der Waals surface area contributed by atoms with Gasteiger partial charge in [-0.2, -0.15) is 0 Å². The van der Waals surface area contributed by atoms with Crippen LogP contribution in [0.15, 0.2) is 53.0 Å². The zero-order valence-corrected chi connectivity index (χ0v) is 20.1. The number of carbonyl (C=O) groups excluding carboxylic acids is 1. The lowest BCUT2D eigenvalue weighted by atomic mass is 9.96. The molecule has 1 aromatic heterocycles. The van der Waals surface area contributed by atoms with E-state index in [9.17, 15) is 4.79 Å². The van der Waals surface area contributed by atoms with Crippen LogP contribution in [-0.4, -0.2) is 47.2 Å². The number of amides is 1. The average Bonchev–Trinajstić information content (AvgIpc) is 3.18. The van der Waals surface area contributed by atoms with Crippen LogP contribution in [0, 0.1) is 0 Å². The smallest absolute Gasteiger partial charge is 0.224 e. The van der Waals surface area contributed by atoms with Gasteiger partial charge in [0, 0.05) is 56.2 Å². The third-order valence-corrected chi connectivity index (χ3v) is 6.72. The Bertz CT molecular complexity index is 1070. The largest absolute Gasteiger partial charge is 0.385 e. The Morgan fingerprint density at radius 2 is 2.12 bits per heavy atom. The summed E-state index contributed by atoms with van der Waals surface area (Å²) in [5, 5.41) is 0. The third-order valence-electron chi connectivity index (χ3n) is 6.22. The molecule has 3 aromatic rings. The maximum absolute atomic E-state index is 13.1. The first-order valence-corrected chi connectivity index (χ1v) is 12.1. The first-order valence-electron chi connectivity index (χ1n) is 11.3. The molecule has 0 bridgehead atoms.